The first-order valence-corrected chi connectivity index (χ1v) is 9.33. The van der Waals surface area contributed by atoms with Crippen LogP contribution in [0.25, 0.3) is 16.8 Å². The van der Waals surface area contributed by atoms with Gasteiger partial charge in [0, 0.05) is 11.9 Å². The van der Waals surface area contributed by atoms with Gasteiger partial charge in [-0.05, 0) is 60.0 Å². The molecule has 0 fully saturated rings. The number of amides is 1. The van der Waals surface area contributed by atoms with E-state index in [4.69, 9.17) is 0 Å². The number of alkyl halides is 3. The van der Waals surface area contributed by atoms with Gasteiger partial charge >= 0.3 is 6.36 Å². The van der Waals surface area contributed by atoms with Crippen molar-refractivity contribution < 1.29 is 22.7 Å². The number of halogens is 3. The van der Waals surface area contributed by atoms with Crippen molar-refractivity contribution in [1.29, 1.82) is 0 Å². The molecule has 0 saturated carbocycles. The van der Waals surface area contributed by atoms with Gasteiger partial charge in [0.2, 0.25) is 5.91 Å². The van der Waals surface area contributed by atoms with Gasteiger partial charge in [-0.3, -0.25) is 4.79 Å². The minimum absolute atomic E-state index is 0.128. The van der Waals surface area contributed by atoms with Crippen molar-refractivity contribution >= 4 is 17.2 Å². The van der Waals surface area contributed by atoms with E-state index >= 15 is 0 Å². The Hall–Kier alpha value is -3.88. The van der Waals surface area contributed by atoms with Crippen LogP contribution in [0.5, 0.6) is 5.75 Å². The maximum absolute atomic E-state index is 12.3. The molecule has 0 bridgehead atoms. The van der Waals surface area contributed by atoms with Gasteiger partial charge in [-0.1, -0.05) is 24.3 Å². The summed E-state index contributed by atoms with van der Waals surface area (Å²) < 4.78 is 42.1. The van der Waals surface area contributed by atoms with E-state index in [1.165, 1.54) is 12.1 Å². The van der Waals surface area contributed by atoms with Crippen LogP contribution in [-0.2, 0) is 11.2 Å². The van der Waals surface area contributed by atoms with Gasteiger partial charge in [0.05, 0.1) is 6.42 Å². The summed E-state index contributed by atoms with van der Waals surface area (Å²) in [6.45, 7) is 1.83. The number of carbonyl (C=O) groups excluding carboxylic acids is 1. The predicted octanol–water partition coefficient (Wildman–Crippen LogP) is 4.78. The first-order chi connectivity index (χ1) is 14.7. The number of rotatable bonds is 5. The van der Waals surface area contributed by atoms with Gasteiger partial charge in [0.25, 0.3) is 0 Å². The number of fused-ring (bicyclic) bond motifs is 1. The van der Waals surface area contributed by atoms with Crippen LogP contribution in [-0.4, -0.2) is 26.9 Å². The third-order valence-electron chi connectivity index (χ3n) is 4.47. The number of aromatic nitrogens is 3. The summed E-state index contributed by atoms with van der Waals surface area (Å²) in [5.41, 5.74) is 3.90. The Balaban J connectivity index is 1.38. The molecule has 4 rings (SSSR count). The Labute approximate surface area is 175 Å². The van der Waals surface area contributed by atoms with Crippen LogP contribution in [0.15, 0.2) is 66.9 Å². The zero-order valence-corrected chi connectivity index (χ0v) is 16.3. The number of anilines is 1. The summed E-state index contributed by atoms with van der Waals surface area (Å²) >= 11 is 0. The fourth-order valence-electron chi connectivity index (χ4n) is 3.12. The molecule has 0 radical (unpaired) electrons. The lowest BCUT2D eigenvalue weighted by molar-refractivity contribution is -0.274. The summed E-state index contributed by atoms with van der Waals surface area (Å²) in [6, 6.07) is 16.4. The van der Waals surface area contributed by atoms with Crippen LogP contribution in [0.2, 0.25) is 0 Å². The van der Waals surface area contributed by atoms with Crippen LogP contribution < -0.4 is 10.1 Å². The van der Waals surface area contributed by atoms with Crippen LogP contribution in [0.4, 0.5) is 18.9 Å². The van der Waals surface area contributed by atoms with Gasteiger partial charge in [0.15, 0.2) is 5.65 Å². The third kappa shape index (κ3) is 5.19. The van der Waals surface area contributed by atoms with E-state index < -0.39 is 6.36 Å². The summed E-state index contributed by atoms with van der Waals surface area (Å²) in [6.07, 6.45) is -2.78. The van der Waals surface area contributed by atoms with Crippen molar-refractivity contribution in [3.05, 3.63) is 78.2 Å². The van der Waals surface area contributed by atoms with Gasteiger partial charge in [-0.2, -0.15) is 5.10 Å². The highest BCUT2D eigenvalue weighted by Gasteiger charge is 2.30. The monoisotopic (exact) mass is 426 g/mol. The Morgan fingerprint density at radius 3 is 2.42 bits per heavy atom. The number of aryl methyl sites for hydroxylation is 1. The first-order valence-electron chi connectivity index (χ1n) is 9.33. The number of nitrogens with zero attached hydrogens (tertiary/aromatic N) is 3. The summed E-state index contributed by atoms with van der Waals surface area (Å²) in [5, 5.41) is 6.91. The van der Waals surface area contributed by atoms with E-state index in [1.54, 1.807) is 4.52 Å². The van der Waals surface area contributed by atoms with Crippen LogP contribution in [0.1, 0.15) is 11.4 Å². The Bertz CT molecular complexity index is 1220. The minimum Gasteiger partial charge on any atom is -0.406 e. The average Bonchev–Trinajstić information content (AvgIpc) is 3.08. The third-order valence-corrected chi connectivity index (χ3v) is 4.47. The molecule has 2 aromatic carbocycles. The topological polar surface area (TPSA) is 68.5 Å². The van der Waals surface area contributed by atoms with Crippen LogP contribution in [0, 0.1) is 6.92 Å². The van der Waals surface area contributed by atoms with E-state index in [0.29, 0.717) is 11.5 Å². The van der Waals surface area contributed by atoms with Gasteiger partial charge < -0.3 is 10.1 Å². The molecule has 31 heavy (non-hydrogen) atoms. The fraction of sp³-hybridized carbons (Fsp3) is 0.136. The number of nitrogens with one attached hydrogen (secondary N) is 1. The van der Waals surface area contributed by atoms with E-state index in [0.717, 1.165) is 34.5 Å². The molecular weight excluding hydrogens is 409 g/mol. The molecule has 0 spiro atoms. The van der Waals surface area contributed by atoms with E-state index in [9.17, 15) is 18.0 Å². The lowest BCUT2D eigenvalue weighted by Crippen LogP contribution is -2.17. The van der Waals surface area contributed by atoms with E-state index in [-0.39, 0.29) is 18.1 Å². The molecule has 1 amide bonds. The number of carbonyl (C=O) groups is 1. The number of pyridine rings is 1. The molecule has 2 aromatic heterocycles. The summed E-state index contributed by atoms with van der Waals surface area (Å²) in [4.78, 5) is 16.6. The summed E-state index contributed by atoms with van der Waals surface area (Å²) in [7, 11) is 0. The number of hydrogen-bond acceptors (Lipinski definition) is 4. The Morgan fingerprint density at radius 2 is 1.74 bits per heavy atom. The lowest BCUT2D eigenvalue weighted by atomic mass is 10.0. The van der Waals surface area contributed by atoms with Gasteiger partial charge in [-0.25, -0.2) is 9.50 Å². The zero-order chi connectivity index (χ0) is 22.0. The summed E-state index contributed by atoms with van der Waals surface area (Å²) in [5.74, 6) is 0.0687. The van der Waals surface area contributed by atoms with Crippen molar-refractivity contribution in [2.45, 2.75) is 19.7 Å². The van der Waals surface area contributed by atoms with Crippen molar-refractivity contribution in [2.75, 3.05) is 5.32 Å². The predicted molar refractivity (Wildman–Crippen MR) is 109 cm³/mol. The number of ether oxygens (including phenoxy) is 1. The zero-order valence-electron chi connectivity index (χ0n) is 16.3. The standard InChI is InChI=1S/C22H17F3N4O2/c1-14-26-20-13-17(10-11-29(20)28-14)16-4-2-15(3-5-16)12-21(30)27-18-6-8-19(9-7-18)31-22(23,24)25/h2-11,13H,12H2,1H3,(H,27,30). The normalized spacial score (nSPS) is 11.5. The van der Waals surface area contributed by atoms with Crippen LogP contribution in [0.3, 0.4) is 0 Å². The highest BCUT2D eigenvalue weighted by atomic mass is 19.4. The van der Waals surface area contributed by atoms with E-state index in [2.05, 4.69) is 20.1 Å². The van der Waals surface area contributed by atoms with Crippen molar-refractivity contribution in [1.82, 2.24) is 14.6 Å². The molecule has 6 nitrogen and oxygen atoms in total. The van der Waals surface area contributed by atoms with Gasteiger partial charge in [0.1, 0.15) is 11.6 Å². The first kappa shape index (κ1) is 20.4. The highest BCUT2D eigenvalue weighted by molar-refractivity contribution is 5.92. The van der Waals surface area contributed by atoms with E-state index in [1.807, 2.05) is 49.5 Å². The average molecular weight is 426 g/mol. The van der Waals surface area contributed by atoms with Crippen molar-refractivity contribution in [2.24, 2.45) is 0 Å². The largest absolute Gasteiger partial charge is 0.573 e. The fourth-order valence-corrected chi connectivity index (χ4v) is 3.12. The second-order valence-corrected chi connectivity index (χ2v) is 6.87. The minimum atomic E-state index is -4.75. The molecule has 0 saturated heterocycles. The molecule has 0 aliphatic rings. The van der Waals surface area contributed by atoms with Crippen molar-refractivity contribution in [3.63, 3.8) is 0 Å². The Kier molecular flexibility index (Phi) is 5.33. The maximum Gasteiger partial charge on any atom is 0.573 e. The molecule has 0 atom stereocenters. The molecule has 0 aliphatic carbocycles. The molecular formula is C22H17F3N4O2. The number of benzene rings is 2. The molecule has 9 heteroatoms. The SMILES string of the molecule is Cc1nc2cc(-c3ccc(CC(=O)Nc4ccc(OC(F)(F)F)cc4)cc3)ccn2n1. The van der Waals surface area contributed by atoms with Gasteiger partial charge in [-0.15, -0.1) is 13.2 Å². The lowest BCUT2D eigenvalue weighted by Gasteiger charge is -2.10. The smallest absolute Gasteiger partial charge is 0.406 e. The second kappa shape index (κ2) is 8.10. The molecule has 158 valence electrons. The number of hydrogen-bond donors (Lipinski definition) is 1. The molecule has 0 unspecified atom stereocenters. The highest BCUT2D eigenvalue weighted by Crippen LogP contribution is 2.24. The molecule has 1 N–H and O–H groups in total. The Morgan fingerprint density at radius 1 is 1.03 bits per heavy atom. The quantitative estimate of drug-likeness (QED) is 0.499. The van der Waals surface area contributed by atoms with Crippen molar-refractivity contribution in [3.8, 4) is 16.9 Å². The maximum atomic E-state index is 12.3. The second-order valence-electron chi connectivity index (χ2n) is 6.87. The molecule has 4 aromatic rings. The van der Waals surface area contributed by atoms with Crippen LogP contribution >= 0.6 is 0 Å². The molecule has 0 aliphatic heterocycles. The molecule has 2 heterocycles.